The van der Waals surface area contributed by atoms with Gasteiger partial charge in [-0.3, -0.25) is 9.78 Å². The molecular formula is C14H12ClN3O. The van der Waals surface area contributed by atoms with E-state index in [1.54, 1.807) is 30.5 Å². The van der Waals surface area contributed by atoms with Gasteiger partial charge in [0.05, 0.1) is 16.3 Å². The van der Waals surface area contributed by atoms with Crippen LogP contribution in [0.3, 0.4) is 0 Å². The Bertz CT molecular complexity index is 608. The molecule has 0 saturated heterocycles. The van der Waals surface area contributed by atoms with Gasteiger partial charge in [0.15, 0.2) is 0 Å². The summed E-state index contributed by atoms with van der Waals surface area (Å²) < 4.78 is 0. The van der Waals surface area contributed by atoms with Crippen molar-refractivity contribution < 1.29 is 4.79 Å². The highest BCUT2D eigenvalue weighted by Gasteiger charge is 2.29. The van der Waals surface area contributed by atoms with Gasteiger partial charge in [-0.25, -0.2) is 4.98 Å². The van der Waals surface area contributed by atoms with E-state index in [-0.39, 0.29) is 5.91 Å². The predicted molar refractivity (Wildman–Crippen MR) is 73.4 cm³/mol. The van der Waals surface area contributed by atoms with Gasteiger partial charge in [0.2, 0.25) is 0 Å². The molecule has 96 valence electrons. The number of aromatic nitrogens is 2. The number of hydrogen-bond donors (Lipinski definition) is 1. The van der Waals surface area contributed by atoms with Crippen molar-refractivity contribution in [1.82, 2.24) is 9.97 Å². The maximum Gasteiger partial charge on any atom is 0.258 e. The first-order valence-electron chi connectivity index (χ1n) is 6.12. The van der Waals surface area contributed by atoms with E-state index in [2.05, 4.69) is 15.3 Å². The Hall–Kier alpha value is -1.94. The minimum atomic E-state index is -0.176. The molecule has 0 aliphatic heterocycles. The Labute approximate surface area is 115 Å². The van der Waals surface area contributed by atoms with Crippen LogP contribution in [0.15, 0.2) is 36.7 Å². The second kappa shape index (κ2) is 4.97. The Morgan fingerprint density at radius 3 is 2.79 bits per heavy atom. The van der Waals surface area contributed by atoms with Crippen molar-refractivity contribution >= 4 is 23.3 Å². The molecule has 1 fully saturated rings. The molecule has 0 radical (unpaired) electrons. The zero-order valence-electron chi connectivity index (χ0n) is 10.1. The number of rotatable bonds is 3. The number of nitrogens with one attached hydrogen (secondary N) is 1. The number of nitrogens with zero attached hydrogens (tertiary/aromatic N) is 2. The van der Waals surface area contributed by atoms with E-state index in [0.717, 1.165) is 18.5 Å². The van der Waals surface area contributed by atoms with Gasteiger partial charge in [-0.2, -0.15) is 0 Å². The number of amides is 1. The molecule has 0 bridgehead atoms. The van der Waals surface area contributed by atoms with Crippen LogP contribution in [-0.4, -0.2) is 15.9 Å². The lowest BCUT2D eigenvalue weighted by atomic mass is 10.1. The van der Waals surface area contributed by atoms with Crippen LogP contribution in [0.1, 0.15) is 34.8 Å². The molecule has 1 aliphatic rings. The summed E-state index contributed by atoms with van der Waals surface area (Å²) in [5.41, 5.74) is 1.51. The van der Waals surface area contributed by atoms with Gasteiger partial charge < -0.3 is 5.32 Å². The summed E-state index contributed by atoms with van der Waals surface area (Å²) in [5.74, 6) is 0.741. The van der Waals surface area contributed by atoms with Gasteiger partial charge in [-0.15, -0.1) is 0 Å². The van der Waals surface area contributed by atoms with Crippen molar-refractivity contribution in [2.75, 3.05) is 5.32 Å². The molecule has 1 amide bonds. The zero-order valence-corrected chi connectivity index (χ0v) is 10.9. The van der Waals surface area contributed by atoms with Gasteiger partial charge in [-0.05, 0) is 37.1 Å². The third kappa shape index (κ3) is 2.74. The van der Waals surface area contributed by atoms with Crippen LogP contribution in [-0.2, 0) is 0 Å². The van der Waals surface area contributed by atoms with E-state index in [0.29, 0.717) is 22.3 Å². The van der Waals surface area contributed by atoms with E-state index in [1.165, 1.54) is 6.20 Å². The van der Waals surface area contributed by atoms with Gasteiger partial charge >= 0.3 is 0 Å². The summed E-state index contributed by atoms with van der Waals surface area (Å²) in [6.07, 6.45) is 5.44. The van der Waals surface area contributed by atoms with Crippen molar-refractivity contribution in [3.8, 4) is 0 Å². The van der Waals surface area contributed by atoms with Crippen LogP contribution < -0.4 is 5.32 Å². The minimum Gasteiger partial charge on any atom is -0.307 e. The summed E-state index contributed by atoms with van der Waals surface area (Å²) in [4.78, 5) is 20.6. The second-order valence-corrected chi connectivity index (χ2v) is 4.96. The van der Waals surface area contributed by atoms with E-state index < -0.39 is 0 Å². The Morgan fingerprint density at radius 1 is 1.26 bits per heavy atom. The highest BCUT2D eigenvalue weighted by atomic mass is 35.5. The van der Waals surface area contributed by atoms with Crippen molar-refractivity contribution in [1.29, 1.82) is 0 Å². The molecule has 2 aromatic heterocycles. The summed E-state index contributed by atoms with van der Waals surface area (Å²) in [7, 11) is 0. The van der Waals surface area contributed by atoms with E-state index >= 15 is 0 Å². The van der Waals surface area contributed by atoms with Crippen LogP contribution in [0.25, 0.3) is 0 Å². The van der Waals surface area contributed by atoms with Gasteiger partial charge in [0.25, 0.3) is 5.91 Å². The highest BCUT2D eigenvalue weighted by Crippen LogP contribution is 2.40. The molecular weight excluding hydrogens is 262 g/mol. The molecule has 0 spiro atoms. The molecule has 0 atom stereocenters. The monoisotopic (exact) mass is 273 g/mol. The summed E-state index contributed by atoms with van der Waals surface area (Å²) in [6.45, 7) is 0. The number of anilines is 1. The number of carbonyl (C=O) groups is 1. The fourth-order valence-electron chi connectivity index (χ4n) is 1.93. The third-order valence-corrected chi connectivity index (χ3v) is 3.24. The first-order valence-corrected chi connectivity index (χ1v) is 6.49. The Kier molecular flexibility index (Phi) is 3.17. The van der Waals surface area contributed by atoms with Crippen LogP contribution in [0.2, 0.25) is 5.02 Å². The van der Waals surface area contributed by atoms with E-state index in [4.69, 9.17) is 11.6 Å². The average Bonchev–Trinajstić information content (AvgIpc) is 3.26. The number of carbonyl (C=O) groups excluding carboxylic acids is 1. The van der Waals surface area contributed by atoms with Crippen molar-refractivity contribution in [3.05, 3.63) is 52.9 Å². The van der Waals surface area contributed by atoms with Crippen LogP contribution in [0.5, 0.6) is 0 Å². The molecule has 0 aromatic carbocycles. The first kappa shape index (κ1) is 12.1. The lowest BCUT2D eigenvalue weighted by molar-refractivity contribution is 0.102. The van der Waals surface area contributed by atoms with Gasteiger partial charge in [0.1, 0.15) is 5.82 Å². The molecule has 2 heterocycles. The standard InChI is InChI=1S/C14H12ClN3O/c15-10-5-6-12(17-8-10)18-14(19)11-2-1-7-16-13(11)9-3-4-9/h1-2,5-9H,3-4H2,(H,17,18,19). The third-order valence-electron chi connectivity index (χ3n) is 3.02. The molecule has 0 unspecified atom stereocenters. The SMILES string of the molecule is O=C(Nc1ccc(Cl)cn1)c1cccnc1C1CC1. The highest BCUT2D eigenvalue weighted by molar-refractivity contribution is 6.30. The second-order valence-electron chi connectivity index (χ2n) is 4.53. The molecule has 3 rings (SSSR count). The number of halogens is 1. The van der Waals surface area contributed by atoms with Crippen LogP contribution in [0.4, 0.5) is 5.82 Å². The first-order chi connectivity index (χ1) is 9.24. The lowest BCUT2D eigenvalue weighted by Gasteiger charge is -2.08. The zero-order chi connectivity index (χ0) is 13.2. The lowest BCUT2D eigenvalue weighted by Crippen LogP contribution is -2.15. The predicted octanol–water partition coefficient (Wildman–Crippen LogP) is 3.26. The fraction of sp³-hybridized carbons (Fsp3) is 0.214. The summed E-state index contributed by atoms with van der Waals surface area (Å²) >= 11 is 5.76. The Morgan fingerprint density at radius 2 is 2.11 bits per heavy atom. The molecule has 1 saturated carbocycles. The normalized spacial score (nSPS) is 14.2. The molecule has 2 aromatic rings. The maximum atomic E-state index is 12.2. The molecule has 4 nitrogen and oxygen atoms in total. The van der Waals surface area contributed by atoms with Crippen LogP contribution in [0, 0.1) is 0 Å². The molecule has 5 heteroatoms. The smallest absolute Gasteiger partial charge is 0.258 e. The molecule has 19 heavy (non-hydrogen) atoms. The average molecular weight is 274 g/mol. The van der Waals surface area contributed by atoms with E-state index in [1.807, 2.05) is 0 Å². The Balaban J connectivity index is 1.82. The quantitative estimate of drug-likeness (QED) is 0.934. The fourth-order valence-corrected chi connectivity index (χ4v) is 2.04. The number of pyridine rings is 2. The summed E-state index contributed by atoms with van der Waals surface area (Å²) in [5, 5.41) is 3.30. The van der Waals surface area contributed by atoms with Crippen molar-refractivity contribution in [2.24, 2.45) is 0 Å². The molecule has 1 N–H and O–H groups in total. The minimum absolute atomic E-state index is 0.176. The largest absolute Gasteiger partial charge is 0.307 e. The van der Waals surface area contributed by atoms with Crippen molar-refractivity contribution in [3.63, 3.8) is 0 Å². The van der Waals surface area contributed by atoms with E-state index in [9.17, 15) is 4.79 Å². The van der Waals surface area contributed by atoms with Gasteiger partial charge in [0, 0.05) is 18.3 Å². The van der Waals surface area contributed by atoms with Crippen LogP contribution >= 0.6 is 11.6 Å². The molecule has 1 aliphatic carbocycles. The topological polar surface area (TPSA) is 54.9 Å². The maximum absolute atomic E-state index is 12.2. The van der Waals surface area contributed by atoms with Gasteiger partial charge in [-0.1, -0.05) is 11.6 Å². The van der Waals surface area contributed by atoms with Crippen molar-refractivity contribution in [2.45, 2.75) is 18.8 Å². The summed E-state index contributed by atoms with van der Waals surface area (Å²) in [6, 6.07) is 6.94. The number of hydrogen-bond acceptors (Lipinski definition) is 3.